The van der Waals surface area contributed by atoms with Gasteiger partial charge in [-0.2, -0.15) is 0 Å². The summed E-state index contributed by atoms with van der Waals surface area (Å²) < 4.78 is 10.0. The molecule has 0 fully saturated rings. The molecule has 0 saturated heterocycles. The summed E-state index contributed by atoms with van der Waals surface area (Å²) in [5, 5.41) is 0. The Hall–Kier alpha value is -1.17. The number of ketones is 1. The molecule has 0 radical (unpaired) electrons. The van der Waals surface area contributed by atoms with Gasteiger partial charge in [0.15, 0.2) is 5.78 Å². The van der Waals surface area contributed by atoms with E-state index in [9.17, 15) is 4.79 Å². The normalized spacial score (nSPS) is 11.0. The highest BCUT2D eigenvalue weighted by atomic mass is 16.5. The summed E-state index contributed by atoms with van der Waals surface area (Å²) in [6, 6.07) is 3.61. The van der Waals surface area contributed by atoms with E-state index in [-0.39, 0.29) is 5.78 Å². The molecule has 1 aromatic rings. The van der Waals surface area contributed by atoms with Gasteiger partial charge in [0.25, 0.3) is 0 Å². The molecule has 5 heteroatoms. The third kappa shape index (κ3) is 5.12. The molecule has 0 atom stereocenters. The average Bonchev–Trinajstić information content (AvgIpc) is 2.86. The van der Waals surface area contributed by atoms with Crippen LogP contribution in [-0.4, -0.2) is 62.7 Å². The minimum Gasteiger partial charge on any atom is -0.383 e. The summed E-state index contributed by atoms with van der Waals surface area (Å²) in [5.74, 6) is 0.0854. The van der Waals surface area contributed by atoms with Gasteiger partial charge in [-0.15, -0.1) is 0 Å². The van der Waals surface area contributed by atoms with Gasteiger partial charge in [-0.05, 0) is 12.1 Å². The van der Waals surface area contributed by atoms with Crippen molar-refractivity contribution < 1.29 is 14.3 Å². The largest absolute Gasteiger partial charge is 0.383 e. The van der Waals surface area contributed by atoms with Gasteiger partial charge in [0.05, 0.1) is 25.5 Å². The van der Waals surface area contributed by atoms with Gasteiger partial charge in [0.1, 0.15) is 0 Å². The number of hydrogen-bond donors (Lipinski definition) is 1. The van der Waals surface area contributed by atoms with E-state index in [0.717, 1.165) is 13.1 Å². The molecule has 0 unspecified atom stereocenters. The number of Topliss-reactive ketones (excluding diaryl/α,β-unsaturated/α-hetero) is 1. The van der Waals surface area contributed by atoms with Crippen LogP contribution in [0.25, 0.3) is 0 Å². The number of ether oxygens (including phenoxy) is 2. The third-order valence-electron chi connectivity index (χ3n) is 2.49. The summed E-state index contributed by atoms with van der Waals surface area (Å²) in [6.07, 6.45) is 1.75. The van der Waals surface area contributed by atoms with Crippen LogP contribution in [0.2, 0.25) is 0 Å². The molecular weight excluding hydrogens is 220 g/mol. The molecule has 1 heterocycles. The van der Waals surface area contributed by atoms with Crippen molar-refractivity contribution in [3.05, 3.63) is 24.0 Å². The Morgan fingerprint density at radius 2 is 1.94 bits per heavy atom. The van der Waals surface area contributed by atoms with E-state index >= 15 is 0 Å². The van der Waals surface area contributed by atoms with Gasteiger partial charge < -0.3 is 14.5 Å². The Morgan fingerprint density at radius 1 is 1.29 bits per heavy atom. The zero-order chi connectivity index (χ0) is 12.5. The number of H-pyrrole nitrogens is 1. The molecule has 0 bridgehead atoms. The number of rotatable bonds is 9. The molecule has 96 valence electrons. The highest BCUT2D eigenvalue weighted by Gasteiger charge is 2.12. The van der Waals surface area contributed by atoms with Crippen LogP contribution in [0.3, 0.4) is 0 Å². The predicted octanol–water partition coefficient (Wildman–Crippen LogP) is 0.792. The smallest absolute Gasteiger partial charge is 0.192 e. The molecule has 0 aromatic carbocycles. The second-order valence-corrected chi connectivity index (χ2v) is 3.77. The van der Waals surface area contributed by atoms with E-state index in [4.69, 9.17) is 9.47 Å². The monoisotopic (exact) mass is 240 g/mol. The lowest BCUT2D eigenvalue weighted by Crippen LogP contribution is -2.35. The maximum Gasteiger partial charge on any atom is 0.192 e. The van der Waals surface area contributed by atoms with Crippen molar-refractivity contribution in [2.45, 2.75) is 0 Å². The summed E-state index contributed by atoms with van der Waals surface area (Å²) >= 11 is 0. The van der Waals surface area contributed by atoms with E-state index < -0.39 is 0 Å². The summed E-state index contributed by atoms with van der Waals surface area (Å²) in [6.45, 7) is 3.06. The zero-order valence-electron chi connectivity index (χ0n) is 10.4. The fourth-order valence-electron chi connectivity index (χ4n) is 1.50. The van der Waals surface area contributed by atoms with Crippen LogP contribution in [0, 0.1) is 0 Å². The van der Waals surface area contributed by atoms with Crippen molar-refractivity contribution in [2.24, 2.45) is 0 Å². The van der Waals surface area contributed by atoms with Crippen LogP contribution in [0.4, 0.5) is 0 Å². The van der Waals surface area contributed by atoms with Gasteiger partial charge in [-0.3, -0.25) is 9.69 Å². The molecule has 1 rings (SSSR count). The Labute approximate surface area is 102 Å². The predicted molar refractivity (Wildman–Crippen MR) is 65.3 cm³/mol. The van der Waals surface area contributed by atoms with Gasteiger partial charge >= 0.3 is 0 Å². The molecule has 0 saturated carbocycles. The van der Waals surface area contributed by atoms with E-state index in [0.29, 0.717) is 25.5 Å². The Morgan fingerprint density at radius 3 is 2.41 bits per heavy atom. The third-order valence-corrected chi connectivity index (χ3v) is 2.49. The minimum absolute atomic E-state index is 0.0854. The van der Waals surface area contributed by atoms with Crippen molar-refractivity contribution in [1.82, 2.24) is 9.88 Å². The van der Waals surface area contributed by atoms with E-state index in [2.05, 4.69) is 4.98 Å². The molecule has 0 spiro atoms. The number of carbonyl (C=O) groups excluding carboxylic acids is 1. The molecule has 17 heavy (non-hydrogen) atoms. The van der Waals surface area contributed by atoms with Crippen LogP contribution < -0.4 is 0 Å². The lowest BCUT2D eigenvalue weighted by Gasteiger charge is -2.20. The maximum absolute atomic E-state index is 11.9. The fourth-order valence-corrected chi connectivity index (χ4v) is 1.50. The summed E-state index contributed by atoms with van der Waals surface area (Å²) in [5.41, 5.74) is 0.643. The lowest BCUT2D eigenvalue weighted by molar-refractivity contribution is 0.0833. The van der Waals surface area contributed by atoms with Gasteiger partial charge in [0.2, 0.25) is 0 Å². The Balaban J connectivity index is 2.43. The number of methoxy groups -OCH3 is 2. The second-order valence-electron chi connectivity index (χ2n) is 3.77. The van der Waals surface area contributed by atoms with Crippen molar-refractivity contribution in [1.29, 1.82) is 0 Å². The quantitative estimate of drug-likeness (QED) is 0.648. The van der Waals surface area contributed by atoms with Gasteiger partial charge in [-0.1, -0.05) is 0 Å². The molecule has 0 aliphatic heterocycles. The SMILES string of the molecule is COCCN(CCOC)CC(=O)c1ccc[nH]1. The molecule has 0 aliphatic carbocycles. The first-order valence-electron chi connectivity index (χ1n) is 5.64. The molecular formula is C12H20N2O3. The van der Waals surface area contributed by atoms with E-state index in [1.54, 1.807) is 26.5 Å². The van der Waals surface area contributed by atoms with E-state index in [1.807, 2.05) is 11.0 Å². The van der Waals surface area contributed by atoms with Crippen molar-refractivity contribution >= 4 is 5.78 Å². The summed E-state index contributed by atoms with van der Waals surface area (Å²) in [4.78, 5) is 16.8. The van der Waals surface area contributed by atoms with Crippen molar-refractivity contribution in [2.75, 3.05) is 47.1 Å². The first-order chi connectivity index (χ1) is 8.27. The topological polar surface area (TPSA) is 54.6 Å². The second kappa shape index (κ2) is 8.00. The molecule has 0 aliphatic rings. The molecule has 5 nitrogen and oxygen atoms in total. The van der Waals surface area contributed by atoms with Crippen LogP contribution in [0.15, 0.2) is 18.3 Å². The van der Waals surface area contributed by atoms with Crippen molar-refractivity contribution in [3.63, 3.8) is 0 Å². The Bertz CT molecular complexity index is 304. The average molecular weight is 240 g/mol. The highest BCUT2D eigenvalue weighted by Crippen LogP contribution is 1.99. The first kappa shape index (κ1) is 13.9. The number of aromatic amines is 1. The molecule has 0 amide bonds. The zero-order valence-corrected chi connectivity index (χ0v) is 10.4. The number of aromatic nitrogens is 1. The standard InChI is InChI=1S/C12H20N2O3/c1-16-8-6-14(7-9-17-2)10-12(15)11-4-3-5-13-11/h3-5,13H,6-10H2,1-2H3. The first-order valence-corrected chi connectivity index (χ1v) is 5.64. The van der Waals surface area contributed by atoms with E-state index in [1.165, 1.54) is 0 Å². The van der Waals surface area contributed by atoms with Crippen LogP contribution >= 0.6 is 0 Å². The fraction of sp³-hybridized carbons (Fsp3) is 0.583. The summed E-state index contributed by atoms with van der Waals surface area (Å²) in [7, 11) is 3.31. The molecule has 1 aromatic heterocycles. The van der Waals surface area contributed by atoms with Crippen LogP contribution in [-0.2, 0) is 9.47 Å². The van der Waals surface area contributed by atoms with Gasteiger partial charge in [0, 0.05) is 33.5 Å². The number of nitrogens with zero attached hydrogens (tertiary/aromatic N) is 1. The molecule has 1 N–H and O–H groups in total. The van der Waals surface area contributed by atoms with Gasteiger partial charge in [-0.25, -0.2) is 0 Å². The highest BCUT2D eigenvalue weighted by molar-refractivity contribution is 5.95. The number of carbonyl (C=O) groups is 1. The number of hydrogen-bond acceptors (Lipinski definition) is 4. The minimum atomic E-state index is 0.0854. The van der Waals surface area contributed by atoms with Crippen molar-refractivity contribution in [3.8, 4) is 0 Å². The maximum atomic E-state index is 11.9. The number of nitrogens with one attached hydrogen (secondary N) is 1. The lowest BCUT2D eigenvalue weighted by atomic mass is 10.2. The van der Waals surface area contributed by atoms with Crippen LogP contribution in [0.5, 0.6) is 0 Å². The van der Waals surface area contributed by atoms with Crippen LogP contribution in [0.1, 0.15) is 10.5 Å². The Kier molecular flexibility index (Phi) is 6.54.